The zero-order valence-electron chi connectivity index (χ0n) is 11.2. The molecule has 0 bridgehead atoms. The first-order valence-electron chi connectivity index (χ1n) is 6.37. The van der Waals surface area contributed by atoms with Gasteiger partial charge in [-0.3, -0.25) is 0 Å². The summed E-state index contributed by atoms with van der Waals surface area (Å²) in [5.41, 5.74) is 3.62. The van der Waals surface area contributed by atoms with Crippen LogP contribution in [0.1, 0.15) is 42.3 Å². The molecule has 0 amide bonds. The van der Waals surface area contributed by atoms with Crippen molar-refractivity contribution in [2.75, 3.05) is 0 Å². The molecule has 1 aromatic heterocycles. The summed E-state index contributed by atoms with van der Waals surface area (Å²) in [4.78, 5) is 0. The first kappa shape index (κ1) is 12.8. The van der Waals surface area contributed by atoms with Crippen molar-refractivity contribution in [3.63, 3.8) is 0 Å². The third-order valence-electron chi connectivity index (χ3n) is 2.96. The maximum Gasteiger partial charge on any atom is 0.133 e. The van der Waals surface area contributed by atoms with Crippen LogP contribution in [0.2, 0.25) is 0 Å². The smallest absolute Gasteiger partial charge is 0.133 e. The van der Waals surface area contributed by atoms with Crippen molar-refractivity contribution in [1.29, 1.82) is 0 Å². The van der Waals surface area contributed by atoms with E-state index in [4.69, 9.17) is 4.52 Å². The number of aromatic nitrogens is 1. The second-order valence-corrected chi connectivity index (χ2v) is 4.93. The molecule has 3 nitrogen and oxygen atoms in total. The van der Waals surface area contributed by atoms with Crippen LogP contribution < -0.4 is 5.32 Å². The minimum absolute atomic E-state index is 0.588. The van der Waals surface area contributed by atoms with Crippen molar-refractivity contribution < 1.29 is 4.52 Å². The summed E-state index contributed by atoms with van der Waals surface area (Å²) in [5, 5.41) is 7.30. The molecule has 1 N–H and O–H groups in total. The molecule has 18 heavy (non-hydrogen) atoms. The molecular weight excluding hydrogens is 224 g/mol. The van der Waals surface area contributed by atoms with Crippen LogP contribution in [0, 0.1) is 6.92 Å². The van der Waals surface area contributed by atoms with Gasteiger partial charge in [0.1, 0.15) is 5.76 Å². The van der Waals surface area contributed by atoms with Gasteiger partial charge in [0.25, 0.3) is 0 Å². The van der Waals surface area contributed by atoms with Gasteiger partial charge in [0.15, 0.2) is 0 Å². The Morgan fingerprint density at radius 1 is 1.17 bits per heavy atom. The fourth-order valence-electron chi connectivity index (χ4n) is 1.86. The van der Waals surface area contributed by atoms with Crippen LogP contribution in [0.4, 0.5) is 0 Å². The third-order valence-corrected chi connectivity index (χ3v) is 2.96. The number of hydrogen-bond donors (Lipinski definition) is 1. The molecule has 0 unspecified atom stereocenters. The number of aryl methyl sites for hydroxylation is 1. The maximum absolute atomic E-state index is 5.02. The minimum Gasteiger partial charge on any atom is -0.361 e. The molecule has 0 saturated carbocycles. The predicted octanol–water partition coefficient (Wildman–Crippen LogP) is 3.40. The van der Waals surface area contributed by atoms with Crippen LogP contribution in [0.15, 0.2) is 34.9 Å². The highest BCUT2D eigenvalue weighted by Gasteiger charge is 2.01. The van der Waals surface area contributed by atoms with E-state index in [2.05, 4.69) is 48.6 Å². The van der Waals surface area contributed by atoms with Gasteiger partial charge in [-0.1, -0.05) is 43.3 Å². The maximum atomic E-state index is 5.02. The van der Waals surface area contributed by atoms with E-state index in [0.717, 1.165) is 24.5 Å². The molecule has 96 valence electrons. The lowest BCUT2D eigenvalue weighted by Crippen LogP contribution is -2.12. The lowest BCUT2D eigenvalue weighted by Gasteiger charge is -2.07. The first-order valence-corrected chi connectivity index (χ1v) is 6.37. The lowest BCUT2D eigenvalue weighted by molar-refractivity contribution is 0.388. The van der Waals surface area contributed by atoms with Gasteiger partial charge in [0, 0.05) is 19.2 Å². The van der Waals surface area contributed by atoms with E-state index in [1.165, 1.54) is 11.1 Å². The zero-order chi connectivity index (χ0) is 13.0. The average Bonchev–Trinajstić information content (AvgIpc) is 2.76. The number of rotatable bonds is 5. The van der Waals surface area contributed by atoms with Gasteiger partial charge in [-0.05, 0) is 24.0 Å². The lowest BCUT2D eigenvalue weighted by atomic mass is 10.0. The molecule has 2 aromatic rings. The molecule has 3 heteroatoms. The van der Waals surface area contributed by atoms with Crippen molar-refractivity contribution >= 4 is 0 Å². The average molecular weight is 244 g/mol. The molecule has 0 radical (unpaired) electrons. The summed E-state index contributed by atoms with van der Waals surface area (Å²) in [6.45, 7) is 7.91. The van der Waals surface area contributed by atoms with Gasteiger partial charge >= 0.3 is 0 Å². The molecule has 0 spiro atoms. The van der Waals surface area contributed by atoms with E-state index in [9.17, 15) is 0 Å². The molecular formula is C15H20N2O. The molecule has 0 aliphatic heterocycles. The summed E-state index contributed by atoms with van der Waals surface area (Å²) in [7, 11) is 0. The van der Waals surface area contributed by atoms with Crippen LogP contribution in [-0.4, -0.2) is 5.16 Å². The largest absolute Gasteiger partial charge is 0.361 e. The Hall–Kier alpha value is -1.61. The fourth-order valence-corrected chi connectivity index (χ4v) is 1.86. The Labute approximate surface area is 108 Å². The van der Waals surface area contributed by atoms with E-state index in [0.29, 0.717) is 5.92 Å². The summed E-state index contributed by atoms with van der Waals surface area (Å²) < 4.78 is 5.02. The quantitative estimate of drug-likeness (QED) is 0.876. The van der Waals surface area contributed by atoms with E-state index < -0.39 is 0 Å². The van der Waals surface area contributed by atoms with Crippen molar-refractivity contribution in [1.82, 2.24) is 10.5 Å². The van der Waals surface area contributed by atoms with Gasteiger partial charge in [-0.15, -0.1) is 0 Å². The van der Waals surface area contributed by atoms with E-state index in [1.54, 1.807) is 0 Å². The molecule has 0 aliphatic carbocycles. The summed E-state index contributed by atoms with van der Waals surface area (Å²) in [6.07, 6.45) is 0. The van der Waals surface area contributed by atoms with Crippen LogP contribution in [0.5, 0.6) is 0 Å². The Kier molecular flexibility index (Phi) is 4.15. The number of nitrogens with one attached hydrogen (secondary N) is 1. The van der Waals surface area contributed by atoms with E-state index >= 15 is 0 Å². The summed E-state index contributed by atoms with van der Waals surface area (Å²) in [6, 6.07) is 10.7. The van der Waals surface area contributed by atoms with E-state index in [-0.39, 0.29) is 0 Å². The van der Waals surface area contributed by atoms with Gasteiger partial charge in [-0.2, -0.15) is 0 Å². The highest BCUT2D eigenvalue weighted by atomic mass is 16.5. The van der Waals surface area contributed by atoms with E-state index in [1.807, 2.05) is 13.0 Å². The zero-order valence-corrected chi connectivity index (χ0v) is 11.2. The van der Waals surface area contributed by atoms with Crippen LogP contribution in [-0.2, 0) is 13.1 Å². The van der Waals surface area contributed by atoms with Crippen molar-refractivity contribution in [2.45, 2.75) is 39.8 Å². The molecule has 0 saturated heterocycles. The second-order valence-electron chi connectivity index (χ2n) is 4.93. The van der Waals surface area contributed by atoms with Crippen LogP contribution in [0.25, 0.3) is 0 Å². The fraction of sp³-hybridized carbons (Fsp3) is 0.400. The Balaban J connectivity index is 1.83. The number of hydrogen-bond acceptors (Lipinski definition) is 3. The first-order chi connectivity index (χ1) is 8.65. The second kappa shape index (κ2) is 5.83. The molecule has 0 atom stereocenters. The van der Waals surface area contributed by atoms with Gasteiger partial charge < -0.3 is 9.84 Å². The predicted molar refractivity (Wildman–Crippen MR) is 72.3 cm³/mol. The molecule has 2 rings (SSSR count). The SMILES string of the molecule is Cc1cc(CNCc2ccc(C(C)C)cc2)no1. The minimum atomic E-state index is 0.588. The molecule has 1 heterocycles. The number of benzene rings is 1. The van der Waals surface area contributed by atoms with Crippen molar-refractivity contribution in [3.8, 4) is 0 Å². The monoisotopic (exact) mass is 244 g/mol. The third kappa shape index (κ3) is 3.44. The standard InChI is InChI=1S/C15H20N2O/c1-11(2)14-6-4-13(5-7-14)9-16-10-15-8-12(3)18-17-15/h4-8,11,16H,9-10H2,1-3H3. The summed E-state index contributed by atoms with van der Waals surface area (Å²) in [5.74, 6) is 1.44. The normalized spacial score (nSPS) is 11.1. The van der Waals surface area contributed by atoms with Crippen LogP contribution in [0.3, 0.4) is 0 Å². The highest BCUT2D eigenvalue weighted by molar-refractivity contribution is 5.24. The van der Waals surface area contributed by atoms with Crippen molar-refractivity contribution in [3.05, 3.63) is 52.9 Å². The molecule has 0 fully saturated rings. The van der Waals surface area contributed by atoms with Gasteiger partial charge in [-0.25, -0.2) is 0 Å². The Morgan fingerprint density at radius 2 is 1.89 bits per heavy atom. The molecule has 1 aromatic carbocycles. The Morgan fingerprint density at radius 3 is 2.44 bits per heavy atom. The number of nitrogens with zero attached hydrogens (tertiary/aromatic N) is 1. The van der Waals surface area contributed by atoms with Gasteiger partial charge in [0.2, 0.25) is 0 Å². The highest BCUT2D eigenvalue weighted by Crippen LogP contribution is 2.14. The molecule has 0 aliphatic rings. The summed E-state index contributed by atoms with van der Waals surface area (Å²) >= 11 is 0. The topological polar surface area (TPSA) is 38.1 Å². The van der Waals surface area contributed by atoms with Crippen LogP contribution >= 0.6 is 0 Å². The Bertz CT molecular complexity index is 485. The van der Waals surface area contributed by atoms with Crippen molar-refractivity contribution in [2.24, 2.45) is 0 Å². The van der Waals surface area contributed by atoms with Gasteiger partial charge in [0.05, 0.1) is 5.69 Å².